The lowest BCUT2D eigenvalue weighted by Crippen LogP contribution is -2.50. The van der Waals surface area contributed by atoms with Crippen LogP contribution in [0, 0.1) is 19.8 Å². The lowest BCUT2D eigenvalue weighted by molar-refractivity contribution is -0.131. The highest BCUT2D eigenvalue weighted by atomic mass is 35.5. The van der Waals surface area contributed by atoms with Gasteiger partial charge in [-0.1, -0.05) is 37.0 Å². The summed E-state index contributed by atoms with van der Waals surface area (Å²) in [5.41, 5.74) is 2.84. The van der Waals surface area contributed by atoms with Gasteiger partial charge in [-0.3, -0.25) is 9.48 Å². The summed E-state index contributed by atoms with van der Waals surface area (Å²) >= 11 is 11.9. The zero-order valence-electron chi connectivity index (χ0n) is 18.2. The van der Waals surface area contributed by atoms with E-state index >= 15 is 0 Å². The zero-order valence-corrected chi connectivity index (χ0v) is 20.6. The van der Waals surface area contributed by atoms with Crippen molar-refractivity contribution < 1.29 is 13.2 Å². The minimum absolute atomic E-state index is 0.0121. The summed E-state index contributed by atoms with van der Waals surface area (Å²) in [6.45, 7) is 10.2. The molecular formula is C21H28Cl2N4O3S. The Bertz CT molecular complexity index is 1070. The molecule has 0 N–H and O–H groups in total. The van der Waals surface area contributed by atoms with Crippen LogP contribution in [-0.4, -0.2) is 59.5 Å². The standard InChI is InChI=1S/C21H28Cl2N4O3S/c1-14(2)13-27-16(4)18(15(3)24-27)12-21(28)25-7-9-26(10-8-25)31(29,30)17-5-6-19(22)20(23)11-17/h5-6,11,14H,7-10,12-13H2,1-4H3. The number of carbonyl (C=O) groups excluding carboxylic acids is 1. The number of rotatable bonds is 6. The van der Waals surface area contributed by atoms with E-state index < -0.39 is 10.0 Å². The smallest absolute Gasteiger partial charge is 0.243 e. The fourth-order valence-corrected chi connectivity index (χ4v) is 5.55. The first-order valence-electron chi connectivity index (χ1n) is 10.3. The predicted octanol–water partition coefficient (Wildman–Crippen LogP) is 3.54. The van der Waals surface area contributed by atoms with Gasteiger partial charge < -0.3 is 4.90 Å². The molecule has 1 saturated heterocycles. The number of carbonyl (C=O) groups is 1. The molecule has 0 spiro atoms. The predicted molar refractivity (Wildman–Crippen MR) is 122 cm³/mol. The maximum absolute atomic E-state index is 12.9. The van der Waals surface area contributed by atoms with Crippen molar-refractivity contribution in [2.24, 2.45) is 5.92 Å². The van der Waals surface area contributed by atoms with E-state index in [1.165, 1.54) is 22.5 Å². The molecule has 1 aliphatic heterocycles. The molecule has 0 atom stereocenters. The molecule has 1 fully saturated rings. The number of hydrogen-bond acceptors (Lipinski definition) is 4. The molecule has 0 saturated carbocycles. The number of sulfonamides is 1. The van der Waals surface area contributed by atoms with E-state index in [0.717, 1.165) is 23.5 Å². The van der Waals surface area contributed by atoms with Crippen LogP contribution in [0.4, 0.5) is 0 Å². The quantitative estimate of drug-likeness (QED) is 0.625. The van der Waals surface area contributed by atoms with E-state index in [2.05, 4.69) is 18.9 Å². The summed E-state index contributed by atoms with van der Waals surface area (Å²) in [7, 11) is -3.69. The van der Waals surface area contributed by atoms with Crippen LogP contribution in [0.3, 0.4) is 0 Å². The Kier molecular flexibility index (Phi) is 7.35. The van der Waals surface area contributed by atoms with Crippen molar-refractivity contribution in [2.45, 2.75) is 45.6 Å². The van der Waals surface area contributed by atoms with Gasteiger partial charge >= 0.3 is 0 Å². The maximum Gasteiger partial charge on any atom is 0.243 e. The zero-order chi connectivity index (χ0) is 22.9. The number of piperazine rings is 1. The molecular weight excluding hydrogens is 459 g/mol. The molecule has 3 rings (SSSR count). The van der Waals surface area contributed by atoms with Crippen molar-refractivity contribution in [3.05, 3.63) is 45.2 Å². The average Bonchev–Trinajstić information content (AvgIpc) is 2.96. The van der Waals surface area contributed by atoms with Crippen LogP contribution in [0.1, 0.15) is 30.8 Å². The highest BCUT2D eigenvalue weighted by Gasteiger charge is 2.31. The molecule has 2 aromatic rings. The number of aryl methyl sites for hydroxylation is 1. The molecule has 10 heteroatoms. The van der Waals surface area contributed by atoms with Gasteiger partial charge in [-0.05, 0) is 38.0 Å². The maximum atomic E-state index is 12.9. The summed E-state index contributed by atoms with van der Waals surface area (Å²) in [6.07, 6.45) is 0.273. The van der Waals surface area contributed by atoms with Gasteiger partial charge in [0.2, 0.25) is 15.9 Å². The van der Waals surface area contributed by atoms with E-state index in [9.17, 15) is 13.2 Å². The number of aromatic nitrogens is 2. The molecule has 1 aromatic carbocycles. The molecule has 1 amide bonds. The van der Waals surface area contributed by atoms with Gasteiger partial charge in [0.1, 0.15) is 0 Å². The minimum atomic E-state index is -3.69. The normalized spacial score (nSPS) is 15.6. The van der Waals surface area contributed by atoms with Crippen molar-refractivity contribution in [3.63, 3.8) is 0 Å². The molecule has 31 heavy (non-hydrogen) atoms. The molecule has 0 radical (unpaired) electrons. The number of hydrogen-bond donors (Lipinski definition) is 0. The average molecular weight is 487 g/mol. The van der Waals surface area contributed by atoms with Crippen molar-refractivity contribution in [1.82, 2.24) is 19.0 Å². The number of amides is 1. The van der Waals surface area contributed by atoms with Crippen LogP contribution in [0.25, 0.3) is 0 Å². The summed E-state index contributed by atoms with van der Waals surface area (Å²) in [5.74, 6) is 0.453. The van der Waals surface area contributed by atoms with Gasteiger partial charge in [0.15, 0.2) is 0 Å². The topological polar surface area (TPSA) is 75.5 Å². The lowest BCUT2D eigenvalue weighted by Gasteiger charge is -2.34. The third-order valence-electron chi connectivity index (χ3n) is 5.52. The molecule has 1 aromatic heterocycles. The Balaban J connectivity index is 1.65. The summed E-state index contributed by atoms with van der Waals surface area (Å²) in [5, 5.41) is 5.08. The molecule has 0 aliphatic carbocycles. The number of nitrogens with zero attached hydrogens (tertiary/aromatic N) is 4. The molecule has 1 aliphatic rings. The summed E-state index contributed by atoms with van der Waals surface area (Å²) < 4.78 is 29.2. The highest BCUT2D eigenvalue weighted by Crippen LogP contribution is 2.27. The second-order valence-corrected chi connectivity index (χ2v) is 11.0. The van der Waals surface area contributed by atoms with Crippen molar-refractivity contribution >= 4 is 39.1 Å². The van der Waals surface area contributed by atoms with Crippen LogP contribution in [0.5, 0.6) is 0 Å². The van der Waals surface area contributed by atoms with E-state index in [0.29, 0.717) is 24.0 Å². The van der Waals surface area contributed by atoms with Crippen LogP contribution in [-0.2, 0) is 27.8 Å². The summed E-state index contributed by atoms with van der Waals surface area (Å²) in [6, 6.07) is 4.28. The molecule has 7 nitrogen and oxygen atoms in total. The molecule has 0 unspecified atom stereocenters. The van der Waals surface area contributed by atoms with Gasteiger partial charge in [-0.15, -0.1) is 0 Å². The Morgan fingerprint density at radius 2 is 1.74 bits per heavy atom. The fraction of sp³-hybridized carbons (Fsp3) is 0.524. The van der Waals surface area contributed by atoms with E-state index in [-0.39, 0.29) is 35.3 Å². The first kappa shape index (κ1) is 24.0. The Labute approximate surface area is 194 Å². The Morgan fingerprint density at radius 1 is 1.10 bits per heavy atom. The highest BCUT2D eigenvalue weighted by molar-refractivity contribution is 7.89. The van der Waals surface area contributed by atoms with Gasteiger partial charge in [-0.2, -0.15) is 9.40 Å². The minimum Gasteiger partial charge on any atom is -0.340 e. The van der Waals surface area contributed by atoms with Crippen LogP contribution in [0.2, 0.25) is 10.0 Å². The van der Waals surface area contributed by atoms with Crippen LogP contribution >= 0.6 is 23.2 Å². The van der Waals surface area contributed by atoms with Crippen LogP contribution in [0.15, 0.2) is 23.1 Å². The van der Waals surface area contributed by atoms with Crippen molar-refractivity contribution in [3.8, 4) is 0 Å². The van der Waals surface area contributed by atoms with Crippen molar-refractivity contribution in [2.75, 3.05) is 26.2 Å². The van der Waals surface area contributed by atoms with Gasteiger partial charge in [0, 0.05) is 44.0 Å². The molecule has 2 heterocycles. The second-order valence-electron chi connectivity index (χ2n) is 8.26. The van der Waals surface area contributed by atoms with Gasteiger partial charge in [0.25, 0.3) is 0 Å². The number of benzene rings is 1. The van der Waals surface area contributed by atoms with Crippen LogP contribution < -0.4 is 0 Å². The largest absolute Gasteiger partial charge is 0.340 e. The Morgan fingerprint density at radius 3 is 2.32 bits per heavy atom. The molecule has 170 valence electrons. The number of halogens is 2. The fourth-order valence-electron chi connectivity index (χ4n) is 3.74. The van der Waals surface area contributed by atoms with E-state index in [1.807, 2.05) is 18.5 Å². The van der Waals surface area contributed by atoms with Gasteiger partial charge in [-0.25, -0.2) is 8.42 Å². The second kappa shape index (κ2) is 9.48. The van der Waals surface area contributed by atoms with E-state index in [4.69, 9.17) is 23.2 Å². The first-order chi connectivity index (χ1) is 14.5. The molecule has 0 bridgehead atoms. The van der Waals surface area contributed by atoms with Gasteiger partial charge in [0.05, 0.1) is 27.1 Å². The lowest BCUT2D eigenvalue weighted by atomic mass is 10.1. The SMILES string of the molecule is Cc1nn(CC(C)C)c(C)c1CC(=O)N1CCN(S(=O)(=O)c2ccc(Cl)c(Cl)c2)CC1. The monoisotopic (exact) mass is 486 g/mol. The Hall–Kier alpha value is -1.61. The first-order valence-corrected chi connectivity index (χ1v) is 12.5. The summed E-state index contributed by atoms with van der Waals surface area (Å²) in [4.78, 5) is 14.7. The third kappa shape index (κ3) is 5.25. The van der Waals surface area contributed by atoms with Crippen molar-refractivity contribution in [1.29, 1.82) is 0 Å². The van der Waals surface area contributed by atoms with E-state index in [1.54, 1.807) is 4.90 Å². The third-order valence-corrected chi connectivity index (χ3v) is 8.15.